The highest BCUT2D eigenvalue weighted by Gasteiger charge is 2.38. The van der Waals surface area contributed by atoms with E-state index in [0.29, 0.717) is 11.5 Å². The summed E-state index contributed by atoms with van der Waals surface area (Å²) in [7, 11) is 0. The van der Waals surface area contributed by atoms with Gasteiger partial charge in [0.2, 0.25) is 0 Å². The number of para-hydroxylation sites is 2. The number of rotatable bonds is 2. The van der Waals surface area contributed by atoms with Crippen molar-refractivity contribution in [1.82, 2.24) is 0 Å². The first-order chi connectivity index (χ1) is 9.58. The summed E-state index contributed by atoms with van der Waals surface area (Å²) >= 11 is 0. The van der Waals surface area contributed by atoms with Crippen molar-refractivity contribution in [1.29, 1.82) is 0 Å². The number of nitro benzene ring substituents is 1. The molecule has 0 amide bonds. The van der Waals surface area contributed by atoms with Crippen LogP contribution in [0.4, 0.5) is 5.69 Å². The molecule has 0 saturated carbocycles. The Morgan fingerprint density at radius 3 is 2.65 bits per heavy atom. The Bertz CT molecular complexity index is 672. The summed E-state index contributed by atoms with van der Waals surface area (Å²) in [6, 6.07) is 12.6. The maximum Gasteiger partial charge on any atom is 0.269 e. The second-order valence-corrected chi connectivity index (χ2v) is 4.43. The third kappa shape index (κ3) is 2.06. The van der Waals surface area contributed by atoms with Crippen LogP contribution in [0.25, 0.3) is 0 Å². The summed E-state index contributed by atoms with van der Waals surface area (Å²) in [5, 5.41) is 21.3. The molecule has 2 aromatic rings. The highest BCUT2D eigenvalue weighted by molar-refractivity contribution is 5.43. The second kappa shape index (κ2) is 4.50. The van der Waals surface area contributed by atoms with Gasteiger partial charge < -0.3 is 14.6 Å². The largest absolute Gasteiger partial charge is 0.482 e. The van der Waals surface area contributed by atoms with Gasteiger partial charge in [-0.2, -0.15) is 0 Å². The van der Waals surface area contributed by atoms with Crippen molar-refractivity contribution in [2.24, 2.45) is 0 Å². The van der Waals surface area contributed by atoms with E-state index in [4.69, 9.17) is 9.47 Å². The average molecular weight is 273 g/mol. The van der Waals surface area contributed by atoms with Gasteiger partial charge in [0.15, 0.2) is 18.1 Å². The quantitative estimate of drug-likeness (QED) is 0.670. The molecule has 0 fully saturated rings. The van der Waals surface area contributed by atoms with Gasteiger partial charge in [0.1, 0.15) is 0 Å². The van der Waals surface area contributed by atoms with Crippen LogP contribution in [-0.2, 0) is 5.79 Å². The Balaban J connectivity index is 1.98. The van der Waals surface area contributed by atoms with Crippen LogP contribution >= 0.6 is 0 Å². The van der Waals surface area contributed by atoms with E-state index in [1.807, 2.05) is 0 Å². The number of fused-ring (bicyclic) bond motifs is 1. The topological polar surface area (TPSA) is 81.8 Å². The summed E-state index contributed by atoms with van der Waals surface area (Å²) in [5.74, 6) is -0.809. The SMILES string of the molecule is O=[N+]([O-])c1cccc([C@@]2(O)COc3ccccc3O2)c1. The molecule has 3 rings (SSSR count). The zero-order valence-corrected chi connectivity index (χ0v) is 10.4. The molecule has 0 radical (unpaired) electrons. The van der Waals surface area contributed by atoms with E-state index in [1.54, 1.807) is 30.3 Å². The van der Waals surface area contributed by atoms with Gasteiger partial charge in [0, 0.05) is 17.7 Å². The Morgan fingerprint density at radius 1 is 1.15 bits per heavy atom. The molecule has 6 nitrogen and oxygen atoms in total. The Morgan fingerprint density at radius 2 is 1.90 bits per heavy atom. The molecule has 1 atom stereocenters. The predicted molar refractivity (Wildman–Crippen MR) is 69.6 cm³/mol. The number of non-ortho nitro benzene ring substituents is 1. The zero-order valence-electron chi connectivity index (χ0n) is 10.4. The highest BCUT2D eigenvalue weighted by Crippen LogP contribution is 2.38. The summed E-state index contributed by atoms with van der Waals surface area (Å²) in [6.07, 6.45) is 0. The summed E-state index contributed by atoms with van der Waals surface area (Å²) < 4.78 is 11.0. The number of nitrogens with zero attached hydrogens (tertiary/aromatic N) is 1. The van der Waals surface area contributed by atoms with Crippen LogP contribution in [0, 0.1) is 10.1 Å². The molecule has 1 heterocycles. The number of aliphatic hydroxyl groups is 1. The molecule has 1 aliphatic rings. The monoisotopic (exact) mass is 273 g/mol. The molecule has 102 valence electrons. The van der Waals surface area contributed by atoms with E-state index in [9.17, 15) is 15.2 Å². The molecule has 0 unspecified atom stereocenters. The first-order valence-corrected chi connectivity index (χ1v) is 5.97. The number of nitro groups is 1. The third-order valence-corrected chi connectivity index (χ3v) is 3.06. The molecule has 6 heteroatoms. The molecule has 0 aliphatic carbocycles. The maximum absolute atomic E-state index is 10.8. The van der Waals surface area contributed by atoms with Crippen LogP contribution in [-0.4, -0.2) is 16.6 Å². The average Bonchev–Trinajstić information content (AvgIpc) is 2.47. The molecule has 0 bridgehead atoms. The molecule has 0 spiro atoms. The standard InChI is InChI=1S/C14H11NO5/c16-14(10-4-3-5-11(8-10)15(17)18)9-19-12-6-1-2-7-13(12)20-14/h1-8,16H,9H2/t14-/m1/s1. The van der Waals surface area contributed by atoms with Crippen LogP contribution in [0.1, 0.15) is 5.56 Å². The number of ether oxygens (including phenoxy) is 2. The highest BCUT2D eigenvalue weighted by atomic mass is 16.7. The number of hydrogen-bond acceptors (Lipinski definition) is 5. The van der Waals surface area contributed by atoms with Crippen molar-refractivity contribution in [2.45, 2.75) is 5.79 Å². The van der Waals surface area contributed by atoms with Crippen LogP contribution in [0.3, 0.4) is 0 Å². The van der Waals surface area contributed by atoms with E-state index < -0.39 is 10.7 Å². The fourth-order valence-electron chi connectivity index (χ4n) is 2.05. The summed E-state index contributed by atoms with van der Waals surface area (Å²) in [5.41, 5.74) is 0.166. The number of benzene rings is 2. The minimum absolute atomic E-state index is 0.113. The minimum atomic E-state index is -1.74. The normalized spacial score (nSPS) is 20.4. The smallest absolute Gasteiger partial charge is 0.269 e. The first kappa shape index (κ1) is 12.4. The van der Waals surface area contributed by atoms with E-state index in [-0.39, 0.29) is 17.9 Å². The van der Waals surface area contributed by atoms with Gasteiger partial charge in [-0.1, -0.05) is 24.3 Å². The fourth-order valence-corrected chi connectivity index (χ4v) is 2.05. The van der Waals surface area contributed by atoms with Gasteiger partial charge in [-0.05, 0) is 12.1 Å². The van der Waals surface area contributed by atoms with Crippen molar-refractivity contribution in [3.8, 4) is 11.5 Å². The van der Waals surface area contributed by atoms with Crippen molar-refractivity contribution < 1.29 is 19.5 Å². The molecule has 20 heavy (non-hydrogen) atoms. The van der Waals surface area contributed by atoms with Crippen LogP contribution in [0.2, 0.25) is 0 Å². The Labute approximate surface area is 114 Å². The Kier molecular flexibility index (Phi) is 2.80. The lowest BCUT2D eigenvalue weighted by molar-refractivity contribution is -0.385. The molecule has 1 N–H and O–H groups in total. The molecule has 0 saturated heterocycles. The van der Waals surface area contributed by atoms with Gasteiger partial charge in [0.05, 0.1) is 4.92 Å². The van der Waals surface area contributed by atoms with E-state index in [2.05, 4.69) is 0 Å². The molecular formula is C14H11NO5. The second-order valence-electron chi connectivity index (χ2n) is 4.43. The van der Waals surface area contributed by atoms with Crippen molar-refractivity contribution in [3.63, 3.8) is 0 Å². The van der Waals surface area contributed by atoms with Crippen LogP contribution in [0.5, 0.6) is 11.5 Å². The lowest BCUT2D eigenvalue weighted by atomic mass is 10.0. The molecular weight excluding hydrogens is 262 g/mol. The molecule has 2 aromatic carbocycles. The zero-order chi connectivity index (χ0) is 14.2. The van der Waals surface area contributed by atoms with Gasteiger partial charge >= 0.3 is 0 Å². The van der Waals surface area contributed by atoms with Crippen molar-refractivity contribution in [3.05, 3.63) is 64.2 Å². The summed E-state index contributed by atoms with van der Waals surface area (Å²) in [6.45, 7) is -0.134. The van der Waals surface area contributed by atoms with E-state index in [1.165, 1.54) is 18.2 Å². The van der Waals surface area contributed by atoms with Gasteiger partial charge in [-0.25, -0.2) is 0 Å². The minimum Gasteiger partial charge on any atom is -0.482 e. The van der Waals surface area contributed by atoms with E-state index in [0.717, 1.165) is 0 Å². The molecule has 1 aliphatic heterocycles. The van der Waals surface area contributed by atoms with Crippen molar-refractivity contribution >= 4 is 5.69 Å². The van der Waals surface area contributed by atoms with Gasteiger partial charge in [-0.15, -0.1) is 0 Å². The van der Waals surface area contributed by atoms with Gasteiger partial charge in [0.25, 0.3) is 11.5 Å². The molecule has 0 aromatic heterocycles. The number of hydrogen-bond donors (Lipinski definition) is 1. The van der Waals surface area contributed by atoms with Crippen LogP contribution < -0.4 is 9.47 Å². The van der Waals surface area contributed by atoms with Crippen LogP contribution in [0.15, 0.2) is 48.5 Å². The first-order valence-electron chi connectivity index (χ1n) is 5.97. The third-order valence-electron chi connectivity index (χ3n) is 3.06. The van der Waals surface area contributed by atoms with Gasteiger partial charge in [-0.3, -0.25) is 10.1 Å². The summed E-state index contributed by atoms with van der Waals surface area (Å²) in [4.78, 5) is 10.3. The Hall–Kier alpha value is -2.60. The lowest BCUT2D eigenvalue weighted by Gasteiger charge is -2.33. The van der Waals surface area contributed by atoms with E-state index >= 15 is 0 Å². The maximum atomic E-state index is 10.8. The lowest BCUT2D eigenvalue weighted by Crippen LogP contribution is -2.42. The fraction of sp³-hybridized carbons (Fsp3) is 0.143. The van der Waals surface area contributed by atoms with Crippen molar-refractivity contribution in [2.75, 3.05) is 6.61 Å². The predicted octanol–water partition coefficient (Wildman–Crippen LogP) is 2.21.